The highest BCUT2D eigenvalue weighted by atomic mass is 19.1. The summed E-state index contributed by atoms with van der Waals surface area (Å²) in [4.78, 5) is 14.2. The molecule has 5 rings (SSSR count). The van der Waals surface area contributed by atoms with E-state index in [9.17, 15) is 9.18 Å². The number of fused-ring (bicyclic) bond motifs is 2. The minimum atomic E-state index is -0.523. The number of nitrogens with zero attached hydrogens (tertiary/aromatic N) is 4. The lowest BCUT2D eigenvalue weighted by Crippen LogP contribution is -2.33. The lowest BCUT2D eigenvalue weighted by atomic mass is 9.83. The minimum Gasteiger partial charge on any atom is -0.457 e. The van der Waals surface area contributed by atoms with Gasteiger partial charge in [0, 0.05) is 36.7 Å². The zero-order valence-electron chi connectivity index (χ0n) is 17.4. The Balaban J connectivity index is 1.25. The van der Waals surface area contributed by atoms with E-state index in [2.05, 4.69) is 16.9 Å². The fraction of sp³-hybridized carbons (Fsp3) is 0.375. The number of hydrogen-bond acceptors (Lipinski definition) is 5. The molecule has 2 aromatic rings. The van der Waals surface area contributed by atoms with Gasteiger partial charge in [-0.1, -0.05) is 11.6 Å². The number of hydrogen-bond donors (Lipinski definition) is 0. The highest BCUT2D eigenvalue weighted by molar-refractivity contribution is 5.97. The average Bonchev–Trinajstić information content (AvgIpc) is 3.37. The van der Waals surface area contributed by atoms with Gasteiger partial charge < -0.3 is 4.74 Å². The van der Waals surface area contributed by atoms with Crippen molar-refractivity contribution < 1.29 is 13.9 Å². The number of nitriles is 1. The highest BCUT2D eigenvalue weighted by Gasteiger charge is 2.32. The van der Waals surface area contributed by atoms with Crippen molar-refractivity contribution in [1.29, 1.82) is 5.26 Å². The summed E-state index contributed by atoms with van der Waals surface area (Å²) in [6.07, 6.45) is 6.67. The van der Waals surface area contributed by atoms with Crippen molar-refractivity contribution in [3.05, 3.63) is 69.8 Å². The second-order valence-electron chi connectivity index (χ2n) is 8.41. The Morgan fingerprint density at radius 3 is 3.06 bits per heavy atom. The minimum absolute atomic E-state index is 0.0411. The molecule has 158 valence electrons. The molecule has 0 radical (unpaired) electrons. The average molecular weight is 418 g/mol. The number of ether oxygens (including phenoxy) is 1. The number of cyclic esters (lactones) is 1. The van der Waals surface area contributed by atoms with E-state index in [1.54, 1.807) is 10.7 Å². The van der Waals surface area contributed by atoms with E-state index in [0.29, 0.717) is 18.2 Å². The normalized spacial score (nSPS) is 20.7. The Labute approximate surface area is 180 Å². The fourth-order valence-corrected chi connectivity index (χ4v) is 4.84. The van der Waals surface area contributed by atoms with Gasteiger partial charge in [0.2, 0.25) is 0 Å². The largest absolute Gasteiger partial charge is 0.457 e. The van der Waals surface area contributed by atoms with Crippen LogP contribution in [0.3, 0.4) is 0 Å². The predicted molar refractivity (Wildman–Crippen MR) is 112 cm³/mol. The summed E-state index contributed by atoms with van der Waals surface area (Å²) in [7, 11) is 0. The van der Waals surface area contributed by atoms with E-state index >= 15 is 0 Å². The highest BCUT2D eigenvalue weighted by Crippen LogP contribution is 2.36. The lowest BCUT2D eigenvalue weighted by Gasteiger charge is -2.30. The third kappa shape index (κ3) is 3.47. The fourth-order valence-electron chi connectivity index (χ4n) is 4.84. The molecule has 1 unspecified atom stereocenters. The van der Waals surface area contributed by atoms with Gasteiger partial charge >= 0.3 is 5.97 Å². The van der Waals surface area contributed by atoms with Crippen molar-refractivity contribution in [2.45, 2.75) is 32.7 Å². The molecule has 0 spiro atoms. The van der Waals surface area contributed by atoms with Crippen molar-refractivity contribution in [3.63, 3.8) is 0 Å². The Bertz CT molecular complexity index is 1170. The molecule has 0 saturated carbocycles. The molecule has 6 nitrogen and oxygen atoms in total. The first-order valence-corrected chi connectivity index (χ1v) is 10.6. The molecule has 7 heteroatoms. The quantitative estimate of drug-likeness (QED) is 0.712. The van der Waals surface area contributed by atoms with Gasteiger partial charge in [0.05, 0.1) is 28.7 Å². The van der Waals surface area contributed by atoms with Crippen LogP contribution in [0, 0.1) is 23.1 Å². The maximum atomic E-state index is 14.0. The van der Waals surface area contributed by atoms with Gasteiger partial charge in [-0.3, -0.25) is 4.90 Å². The van der Waals surface area contributed by atoms with E-state index in [-0.39, 0.29) is 11.5 Å². The number of carbonyl (C=O) groups is 1. The van der Waals surface area contributed by atoms with E-state index in [1.807, 2.05) is 18.3 Å². The van der Waals surface area contributed by atoms with Crippen LogP contribution in [0.15, 0.2) is 47.2 Å². The van der Waals surface area contributed by atoms with Gasteiger partial charge in [-0.2, -0.15) is 10.4 Å². The topological polar surface area (TPSA) is 71.2 Å². The van der Waals surface area contributed by atoms with Gasteiger partial charge in [0.15, 0.2) is 0 Å². The van der Waals surface area contributed by atoms with Gasteiger partial charge in [-0.15, -0.1) is 0 Å². The SMILES string of the molecule is CC1=C2COC(=O)C2=CCC1CCN1CCc2c(cnn2-c2ccc(C#N)c(F)c2)C1. The van der Waals surface area contributed by atoms with E-state index in [1.165, 1.54) is 17.7 Å². The van der Waals surface area contributed by atoms with Crippen LogP contribution in [0.2, 0.25) is 0 Å². The third-order valence-corrected chi connectivity index (χ3v) is 6.71. The zero-order valence-corrected chi connectivity index (χ0v) is 17.4. The smallest absolute Gasteiger partial charge is 0.338 e. The maximum absolute atomic E-state index is 14.0. The Kier molecular flexibility index (Phi) is 4.95. The predicted octanol–water partition coefficient (Wildman–Crippen LogP) is 3.45. The molecule has 0 amide bonds. The van der Waals surface area contributed by atoms with Crippen LogP contribution in [-0.2, 0) is 22.5 Å². The first-order chi connectivity index (χ1) is 15.0. The molecule has 3 aliphatic rings. The summed E-state index contributed by atoms with van der Waals surface area (Å²) >= 11 is 0. The number of esters is 1. The van der Waals surface area contributed by atoms with Gasteiger partial charge in [-0.05, 0) is 44.4 Å². The second kappa shape index (κ2) is 7.78. The summed E-state index contributed by atoms with van der Waals surface area (Å²) in [5.41, 5.74) is 6.08. The van der Waals surface area contributed by atoms with Crippen LogP contribution in [0.1, 0.15) is 36.6 Å². The summed E-state index contributed by atoms with van der Waals surface area (Å²) in [5.74, 6) is -0.264. The lowest BCUT2D eigenvalue weighted by molar-refractivity contribution is -0.135. The molecular formula is C24H23FN4O2. The standard InChI is InChI=1S/C24H23FN4O2/c1-15-16(3-5-20-21(15)14-31-24(20)30)6-8-28-9-7-23-18(13-28)12-27-29(23)19-4-2-17(11-26)22(25)10-19/h2,4-5,10,12,16H,3,6-9,13-14H2,1H3. The van der Waals surface area contributed by atoms with Gasteiger partial charge in [-0.25, -0.2) is 13.9 Å². The molecule has 1 fully saturated rings. The Morgan fingerprint density at radius 2 is 2.26 bits per heavy atom. The molecule has 1 atom stereocenters. The molecule has 0 bridgehead atoms. The number of carbonyl (C=O) groups excluding carboxylic acids is 1. The van der Waals surface area contributed by atoms with Crippen molar-refractivity contribution in [1.82, 2.24) is 14.7 Å². The maximum Gasteiger partial charge on any atom is 0.338 e. The molecule has 1 saturated heterocycles. The monoisotopic (exact) mass is 418 g/mol. The Morgan fingerprint density at radius 1 is 1.39 bits per heavy atom. The van der Waals surface area contributed by atoms with Crippen LogP contribution in [-0.4, -0.2) is 40.3 Å². The molecule has 0 N–H and O–H groups in total. The first-order valence-electron chi connectivity index (χ1n) is 10.6. The molecule has 1 aliphatic carbocycles. The Hall–Kier alpha value is -3.24. The van der Waals surface area contributed by atoms with Gasteiger partial charge in [0.25, 0.3) is 0 Å². The summed E-state index contributed by atoms with van der Waals surface area (Å²) in [5, 5.41) is 13.4. The van der Waals surface area contributed by atoms with Crippen LogP contribution < -0.4 is 0 Å². The van der Waals surface area contributed by atoms with Crippen LogP contribution in [0.5, 0.6) is 0 Å². The summed E-state index contributed by atoms with van der Waals surface area (Å²) < 4.78 is 21.0. The van der Waals surface area contributed by atoms with Crippen molar-refractivity contribution in [2.75, 3.05) is 19.7 Å². The number of allylic oxidation sites excluding steroid dienone is 2. The number of halogens is 1. The summed E-state index contributed by atoms with van der Waals surface area (Å²) in [6, 6.07) is 6.46. The van der Waals surface area contributed by atoms with Crippen molar-refractivity contribution >= 4 is 5.97 Å². The third-order valence-electron chi connectivity index (χ3n) is 6.71. The van der Waals surface area contributed by atoms with Crippen molar-refractivity contribution in [2.24, 2.45) is 5.92 Å². The van der Waals surface area contributed by atoms with Crippen LogP contribution in [0.4, 0.5) is 4.39 Å². The van der Waals surface area contributed by atoms with E-state index in [4.69, 9.17) is 10.00 Å². The number of aromatic nitrogens is 2. The van der Waals surface area contributed by atoms with Crippen LogP contribution in [0.25, 0.3) is 5.69 Å². The number of rotatable bonds is 4. The number of benzene rings is 1. The van der Waals surface area contributed by atoms with Crippen molar-refractivity contribution in [3.8, 4) is 11.8 Å². The zero-order chi connectivity index (χ0) is 21.5. The van der Waals surface area contributed by atoms with Crippen LogP contribution >= 0.6 is 0 Å². The van der Waals surface area contributed by atoms with E-state index in [0.717, 1.165) is 61.3 Å². The second-order valence-corrected chi connectivity index (χ2v) is 8.41. The van der Waals surface area contributed by atoms with E-state index < -0.39 is 5.82 Å². The molecule has 1 aromatic heterocycles. The molecule has 31 heavy (non-hydrogen) atoms. The molecule has 3 heterocycles. The summed E-state index contributed by atoms with van der Waals surface area (Å²) in [6.45, 7) is 5.25. The first kappa shape index (κ1) is 19.7. The molecule has 2 aliphatic heterocycles. The van der Waals surface area contributed by atoms with Gasteiger partial charge in [0.1, 0.15) is 18.5 Å². The molecule has 1 aromatic carbocycles. The molecular weight excluding hydrogens is 395 g/mol.